The molecule has 0 saturated heterocycles. The Balaban J connectivity index is 0.00000341. The fourth-order valence-corrected chi connectivity index (χ4v) is 2.80. The smallest absolute Gasteiger partial charge is 0.387 e. The topological polar surface area (TPSA) is 85.1 Å². The van der Waals surface area contributed by atoms with Gasteiger partial charge in [0.1, 0.15) is 0 Å². The maximum atomic E-state index is 12.6. The van der Waals surface area contributed by atoms with E-state index in [4.69, 9.17) is 4.74 Å². The van der Waals surface area contributed by atoms with E-state index in [1.54, 1.807) is 19.1 Å². The van der Waals surface area contributed by atoms with Crippen molar-refractivity contribution in [2.24, 2.45) is 4.99 Å². The van der Waals surface area contributed by atoms with Crippen LogP contribution in [0.25, 0.3) is 5.65 Å². The van der Waals surface area contributed by atoms with Crippen LogP contribution in [0.4, 0.5) is 8.78 Å². The Morgan fingerprint density at radius 3 is 2.71 bits per heavy atom. The number of rotatable bonds is 9. The van der Waals surface area contributed by atoms with Crippen molar-refractivity contribution >= 4 is 35.6 Å². The van der Waals surface area contributed by atoms with Crippen molar-refractivity contribution in [3.05, 3.63) is 54.0 Å². The molecule has 0 aliphatic heterocycles. The van der Waals surface area contributed by atoms with Crippen molar-refractivity contribution in [2.45, 2.75) is 33.5 Å². The van der Waals surface area contributed by atoms with Crippen LogP contribution in [0.15, 0.2) is 47.6 Å². The van der Waals surface area contributed by atoms with E-state index >= 15 is 0 Å². The summed E-state index contributed by atoms with van der Waals surface area (Å²) in [6.07, 6.45) is 1.90. The van der Waals surface area contributed by atoms with E-state index in [1.807, 2.05) is 35.7 Å². The van der Waals surface area contributed by atoms with Crippen LogP contribution in [-0.2, 0) is 13.1 Å². The van der Waals surface area contributed by atoms with Gasteiger partial charge in [-0.3, -0.25) is 4.40 Å². The second kappa shape index (κ2) is 12.2. The first kappa shape index (κ1) is 24.6. The van der Waals surface area contributed by atoms with E-state index < -0.39 is 6.61 Å². The zero-order chi connectivity index (χ0) is 21.3. The molecule has 0 unspecified atom stereocenters. The number of nitrogens with one attached hydrogen (secondary N) is 2. The summed E-state index contributed by atoms with van der Waals surface area (Å²) in [5.74, 6) is 1.61. The number of pyridine rings is 1. The minimum atomic E-state index is -2.91. The molecule has 11 heteroatoms. The lowest BCUT2D eigenvalue weighted by Crippen LogP contribution is -2.37. The molecular weight excluding hydrogens is 521 g/mol. The second-order valence-corrected chi connectivity index (χ2v) is 6.19. The number of nitrogens with zero attached hydrogens (tertiary/aromatic N) is 4. The quantitative estimate of drug-likeness (QED) is 0.243. The minimum absolute atomic E-state index is 0. The van der Waals surface area contributed by atoms with Gasteiger partial charge in [-0.25, -0.2) is 4.99 Å². The maximum Gasteiger partial charge on any atom is 0.387 e. The Hall–Kier alpha value is -2.70. The first-order valence-corrected chi connectivity index (χ1v) is 9.62. The van der Waals surface area contributed by atoms with E-state index in [0.717, 1.165) is 17.0 Å². The summed E-state index contributed by atoms with van der Waals surface area (Å²) in [6.45, 7) is 2.60. The number of halogens is 3. The van der Waals surface area contributed by atoms with E-state index in [2.05, 4.69) is 30.6 Å². The van der Waals surface area contributed by atoms with Crippen LogP contribution in [-0.4, -0.2) is 40.3 Å². The van der Waals surface area contributed by atoms with Gasteiger partial charge < -0.3 is 20.1 Å². The van der Waals surface area contributed by atoms with E-state index in [1.165, 1.54) is 6.07 Å². The number of fused-ring (bicyclic) bond motifs is 1. The van der Waals surface area contributed by atoms with Gasteiger partial charge in [-0.2, -0.15) is 8.78 Å². The van der Waals surface area contributed by atoms with Crippen molar-refractivity contribution in [1.29, 1.82) is 0 Å². The monoisotopic (exact) mass is 546 g/mol. The molecule has 2 heterocycles. The van der Waals surface area contributed by atoms with Gasteiger partial charge >= 0.3 is 6.61 Å². The third-order valence-electron chi connectivity index (χ3n) is 4.09. The van der Waals surface area contributed by atoms with Crippen LogP contribution >= 0.6 is 24.0 Å². The Morgan fingerprint density at radius 2 is 1.97 bits per heavy atom. The number of alkyl halides is 2. The molecule has 31 heavy (non-hydrogen) atoms. The predicted molar refractivity (Wildman–Crippen MR) is 124 cm³/mol. The van der Waals surface area contributed by atoms with Gasteiger partial charge in [-0.1, -0.05) is 12.1 Å². The molecule has 0 fully saturated rings. The molecule has 0 saturated carbocycles. The Bertz CT molecular complexity index is 999. The highest BCUT2D eigenvalue weighted by atomic mass is 127. The lowest BCUT2D eigenvalue weighted by molar-refractivity contribution is -0.0514. The van der Waals surface area contributed by atoms with Crippen LogP contribution in [0, 0.1) is 0 Å². The lowest BCUT2D eigenvalue weighted by Gasteiger charge is -2.13. The van der Waals surface area contributed by atoms with Crippen LogP contribution in [0.3, 0.4) is 0 Å². The van der Waals surface area contributed by atoms with Crippen LogP contribution in [0.2, 0.25) is 0 Å². The molecule has 8 nitrogen and oxygen atoms in total. The standard InChI is InChI=1S/C20H24F2N6O2.HI/c1-3-23-20(25-13-18-27-26-17-7-5-6-10-28(17)18)24-12-14-8-9-15(30-19(21)22)16(11-14)29-4-2;/h5-11,19H,3-4,12-13H2,1-2H3,(H2,23,24,25);1H. The molecular formula is C20H25F2IN6O2. The van der Waals surface area contributed by atoms with E-state index in [0.29, 0.717) is 32.2 Å². The molecule has 168 valence electrons. The molecule has 2 N–H and O–H groups in total. The second-order valence-electron chi connectivity index (χ2n) is 6.19. The van der Waals surface area contributed by atoms with Gasteiger partial charge in [-0.15, -0.1) is 34.2 Å². The summed E-state index contributed by atoms with van der Waals surface area (Å²) in [6, 6.07) is 10.5. The fourth-order valence-electron chi connectivity index (χ4n) is 2.80. The van der Waals surface area contributed by atoms with Crippen molar-refractivity contribution in [1.82, 2.24) is 25.2 Å². The lowest BCUT2D eigenvalue weighted by atomic mass is 10.2. The summed E-state index contributed by atoms with van der Waals surface area (Å²) in [4.78, 5) is 4.55. The molecule has 0 atom stereocenters. The summed E-state index contributed by atoms with van der Waals surface area (Å²) in [5.41, 5.74) is 1.57. The number of hydrogen-bond donors (Lipinski definition) is 2. The van der Waals surface area contributed by atoms with Crippen molar-refractivity contribution in [3.8, 4) is 11.5 Å². The number of ether oxygens (including phenoxy) is 2. The predicted octanol–water partition coefficient (Wildman–Crippen LogP) is 3.60. The van der Waals surface area contributed by atoms with Crippen molar-refractivity contribution < 1.29 is 18.3 Å². The number of aromatic nitrogens is 3. The zero-order valence-corrected chi connectivity index (χ0v) is 19.5. The summed E-state index contributed by atoms with van der Waals surface area (Å²) >= 11 is 0. The molecule has 2 aromatic heterocycles. The van der Waals surface area contributed by atoms with E-state index in [-0.39, 0.29) is 35.5 Å². The molecule has 0 aliphatic carbocycles. The van der Waals surface area contributed by atoms with Gasteiger partial charge in [0.05, 0.1) is 19.7 Å². The molecule has 0 amide bonds. The Morgan fingerprint density at radius 1 is 1.13 bits per heavy atom. The normalized spacial score (nSPS) is 11.3. The number of guanidine groups is 1. The van der Waals surface area contributed by atoms with Crippen molar-refractivity contribution in [2.75, 3.05) is 13.2 Å². The molecule has 0 spiro atoms. The van der Waals surface area contributed by atoms with E-state index in [9.17, 15) is 8.78 Å². The molecule has 0 bridgehead atoms. The third-order valence-corrected chi connectivity index (χ3v) is 4.09. The molecule has 0 aliphatic rings. The van der Waals surface area contributed by atoms with Crippen LogP contribution < -0.4 is 20.1 Å². The fraction of sp³-hybridized carbons (Fsp3) is 0.350. The first-order chi connectivity index (χ1) is 14.6. The highest BCUT2D eigenvalue weighted by molar-refractivity contribution is 14.0. The zero-order valence-electron chi connectivity index (χ0n) is 17.2. The van der Waals surface area contributed by atoms with Crippen LogP contribution in [0.5, 0.6) is 11.5 Å². The van der Waals surface area contributed by atoms with Gasteiger partial charge in [0.15, 0.2) is 28.9 Å². The number of hydrogen-bond acceptors (Lipinski definition) is 5. The Kier molecular flexibility index (Phi) is 9.69. The SMILES string of the molecule is CCNC(=NCc1ccc(OC(F)F)c(OCC)c1)NCc1nnc2ccccn12.I. The largest absolute Gasteiger partial charge is 0.490 e. The van der Waals surface area contributed by atoms with Crippen LogP contribution in [0.1, 0.15) is 25.2 Å². The highest BCUT2D eigenvalue weighted by Gasteiger charge is 2.12. The molecule has 3 rings (SSSR count). The summed E-state index contributed by atoms with van der Waals surface area (Å²) in [5, 5.41) is 14.7. The summed E-state index contributed by atoms with van der Waals surface area (Å²) in [7, 11) is 0. The van der Waals surface area contributed by atoms with Crippen molar-refractivity contribution in [3.63, 3.8) is 0 Å². The van der Waals surface area contributed by atoms with Gasteiger partial charge in [0.2, 0.25) is 0 Å². The Labute approximate surface area is 196 Å². The molecule has 1 aromatic carbocycles. The average molecular weight is 546 g/mol. The number of aliphatic imine (C=N–C) groups is 1. The molecule has 0 radical (unpaired) electrons. The highest BCUT2D eigenvalue weighted by Crippen LogP contribution is 2.30. The third kappa shape index (κ3) is 6.91. The van der Waals surface area contributed by atoms with Gasteiger partial charge in [0.25, 0.3) is 0 Å². The minimum Gasteiger partial charge on any atom is -0.490 e. The number of benzene rings is 1. The summed E-state index contributed by atoms with van der Waals surface area (Å²) < 4.78 is 36.9. The van der Waals surface area contributed by atoms with Gasteiger partial charge in [0, 0.05) is 12.7 Å². The van der Waals surface area contributed by atoms with Gasteiger partial charge in [-0.05, 0) is 43.7 Å². The molecule has 3 aromatic rings. The first-order valence-electron chi connectivity index (χ1n) is 9.62. The maximum absolute atomic E-state index is 12.6. The average Bonchev–Trinajstić information content (AvgIpc) is 3.15.